The summed E-state index contributed by atoms with van der Waals surface area (Å²) in [4.78, 5) is 0.0695. The molecule has 1 aromatic rings. The van der Waals surface area contributed by atoms with E-state index in [1.165, 1.54) is 24.7 Å². The molecular formula is C12H11FO4S. The van der Waals surface area contributed by atoms with Crippen LogP contribution in [-0.2, 0) is 31.5 Å². The van der Waals surface area contributed by atoms with Crippen molar-refractivity contribution in [2.45, 2.75) is 23.5 Å². The fraction of sp³-hybridized carbons (Fsp3) is 0.333. The van der Waals surface area contributed by atoms with Gasteiger partial charge in [0.15, 0.2) is 9.84 Å². The van der Waals surface area contributed by atoms with Crippen molar-refractivity contribution in [2.24, 2.45) is 0 Å². The van der Waals surface area contributed by atoms with Gasteiger partial charge in [0, 0.05) is 18.2 Å². The Kier molecular flexibility index (Phi) is 2.22. The Balaban J connectivity index is 2.30. The third-order valence-corrected chi connectivity index (χ3v) is 4.41. The SMILES string of the molecule is CS(=O)(=O)c1ccc(F)c2c1C1(CC2)OC=CO1. The highest BCUT2D eigenvalue weighted by molar-refractivity contribution is 7.90. The molecule has 1 aromatic carbocycles. The van der Waals surface area contributed by atoms with Crippen molar-refractivity contribution in [3.05, 3.63) is 41.6 Å². The van der Waals surface area contributed by atoms with E-state index in [9.17, 15) is 12.8 Å². The van der Waals surface area contributed by atoms with Gasteiger partial charge in [-0.3, -0.25) is 0 Å². The molecule has 0 N–H and O–H groups in total. The first-order valence-electron chi connectivity index (χ1n) is 5.47. The second-order valence-corrected chi connectivity index (χ2v) is 6.42. The van der Waals surface area contributed by atoms with Crippen molar-refractivity contribution >= 4 is 9.84 Å². The Morgan fingerprint density at radius 3 is 2.56 bits per heavy atom. The van der Waals surface area contributed by atoms with Gasteiger partial charge in [0.05, 0.1) is 10.5 Å². The van der Waals surface area contributed by atoms with Crippen LogP contribution >= 0.6 is 0 Å². The van der Waals surface area contributed by atoms with E-state index in [2.05, 4.69) is 0 Å². The van der Waals surface area contributed by atoms with E-state index in [0.29, 0.717) is 24.0 Å². The summed E-state index contributed by atoms with van der Waals surface area (Å²) < 4.78 is 48.1. The van der Waals surface area contributed by atoms with Gasteiger partial charge in [-0.25, -0.2) is 12.8 Å². The highest BCUT2D eigenvalue weighted by atomic mass is 32.2. The Hall–Kier alpha value is -1.56. The smallest absolute Gasteiger partial charge is 0.278 e. The first kappa shape index (κ1) is 11.5. The molecule has 0 amide bonds. The van der Waals surface area contributed by atoms with Gasteiger partial charge in [-0.15, -0.1) is 0 Å². The topological polar surface area (TPSA) is 52.6 Å². The van der Waals surface area contributed by atoms with E-state index in [0.717, 1.165) is 6.26 Å². The summed E-state index contributed by atoms with van der Waals surface area (Å²) in [6, 6.07) is 2.44. The Morgan fingerprint density at radius 1 is 1.28 bits per heavy atom. The molecular weight excluding hydrogens is 259 g/mol. The molecule has 18 heavy (non-hydrogen) atoms. The highest BCUT2D eigenvalue weighted by Crippen LogP contribution is 2.47. The summed E-state index contributed by atoms with van der Waals surface area (Å²) in [6.45, 7) is 0. The third-order valence-electron chi connectivity index (χ3n) is 3.27. The molecule has 0 radical (unpaired) electrons. The largest absolute Gasteiger partial charge is 0.453 e. The molecule has 3 rings (SSSR count). The van der Waals surface area contributed by atoms with Gasteiger partial charge in [0.25, 0.3) is 5.79 Å². The van der Waals surface area contributed by atoms with Crippen LogP contribution in [0.2, 0.25) is 0 Å². The van der Waals surface area contributed by atoms with Crippen molar-refractivity contribution in [3.63, 3.8) is 0 Å². The first-order valence-corrected chi connectivity index (χ1v) is 7.36. The fourth-order valence-corrected chi connectivity index (χ4v) is 3.49. The lowest BCUT2D eigenvalue weighted by Crippen LogP contribution is -2.26. The van der Waals surface area contributed by atoms with Crippen molar-refractivity contribution in [1.29, 1.82) is 0 Å². The average molecular weight is 270 g/mol. The summed E-state index contributed by atoms with van der Waals surface area (Å²) in [7, 11) is -3.46. The second kappa shape index (κ2) is 3.47. The molecule has 0 bridgehead atoms. The minimum atomic E-state index is -3.46. The van der Waals surface area contributed by atoms with Gasteiger partial charge < -0.3 is 9.47 Å². The molecule has 1 heterocycles. The van der Waals surface area contributed by atoms with E-state index in [1.807, 2.05) is 0 Å². The second-order valence-electron chi connectivity index (χ2n) is 4.43. The normalized spacial score (nSPS) is 19.7. The van der Waals surface area contributed by atoms with Crippen LogP contribution in [0.3, 0.4) is 0 Å². The maximum Gasteiger partial charge on any atom is 0.278 e. The zero-order valence-corrected chi connectivity index (χ0v) is 10.5. The predicted molar refractivity (Wildman–Crippen MR) is 60.8 cm³/mol. The standard InChI is InChI=1S/C12H11FO4S/c1-18(14,15)10-3-2-9(13)8-4-5-12(11(8)10)16-6-7-17-12/h2-3,6-7H,4-5H2,1H3. The Bertz CT molecular complexity index is 640. The van der Waals surface area contributed by atoms with Crippen LogP contribution in [0, 0.1) is 5.82 Å². The van der Waals surface area contributed by atoms with Crippen LogP contribution in [0.4, 0.5) is 4.39 Å². The fourth-order valence-electron chi connectivity index (χ4n) is 2.53. The maximum atomic E-state index is 13.8. The van der Waals surface area contributed by atoms with Crippen LogP contribution < -0.4 is 0 Å². The zero-order chi connectivity index (χ0) is 13.0. The number of hydrogen-bond acceptors (Lipinski definition) is 4. The molecule has 4 nitrogen and oxygen atoms in total. The molecule has 0 aromatic heterocycles. The number of ether oxygens (including phenoxy) is 2. The van der Waals surface area contributed by atoms with Gasteiger partial charge in [-0.1, -0.05) is 0 Å². The van der Waals surface area contributed by atoms with Gasteiger partial charge in [-0.2, -0.15) is 0 Å². The zero-order valence-electron chi connectivity index (χ0n) is 9.64. The molecule has 0 unspecified atom stereocenters. The van der Waals surface area contributed by atoms with Crippen LogP contribution in [0.1, 0.15) is 17.5 Å². The predicted octanol–water partition coefficient (Wildman–Crippen LogP) is 1.85. The molecule has 1 aliphatic carbocycles. The summed E-state index contributed by atoms with van der Waals surface area (Å²) in [5, 5.41) is 0. The molecule has 1 spiro atoms. The van der Waals surface area contributed by atoms with Gasteiger partial charge in [0.2, 0.25) is 0 Å². The van der Waals surface area contributed by atoms with E-state index in [1.54, 1.807) is 0 Å². The summed E-state index contributed by atoms with van der Waals surface area (Å²) in [6.07, 6.45) is 4.60. The molecule has 96 valence electrons. The Morgan fingerprint density at radius 2 is 1.94 bits per heavy atom. The molecule has 0 saturated carbocycles. The monoisotopic (exact) mass is 270 g/mol. The van der Waals surface area contributed by atoms with Crippen LogP contribution in [0.15, 0.2) is 29.6 Å². The van der Waals surface area contributed by atoms with Crippen molar-refractivity contribution in [2.75, 3.05) is 6.26 Å². The van der Waals surface area contributed by atoms with Crippen molar-refractivity contribution in [1.82, 2.24) is 0 Å². The summed E-state index contributed by atoms with van der Waals surface area (Å²) in [5.41, 5.74) is 0.664. The lowest BCUT2D eigenvalue weighted by atomic mass is 10.1. The molecule has 2 aliphatic rings. The molecule has 0 saturated heterocycles. The number of fused-ring (bicyclic) bond motifs is 2. The lowest BCUT2D eigenvalue weighted by Gasteiger charge is -2.25. The lowest BCUT2D eigenvalue weighted by molar-refractivity contribution is -0.148. The van der Waals surface area contributed by atoms with Gasteiger partial charge in [0.1, 0.15) is 18.3 Å². The molecule has 0 atom stereocenters. The molecule has 6 heteroatoms. The minimum absolute atomic E-state index is 0.0695. The highest BCUT2D eigenvalue weighted by Gasteiger charge is 2.48. The van der Waals surface area contributed by atoms with Gasteiger partial charge >= 0.3 is 0 Å². The molecule has 0 fully saturated rings. The number of benzene rings is 1. The quantitative estimate of drug-likeness (QED) is 0.731. The van der Waals surface area contributed by atoms with E-state index < -0.39 is 21.4 Å². The average Bonchev–Trinajstić information content (AvgIpc) is 2.88. The Labute approximate surface area is 104 Å². The number of halogens is 1. The van der Waals surface area contributed by atoms with Crippen LogP contribution in [0.25, 0.3) is 0 Å². The number of rotatable bonds is 1. The number of hydrogen-bond donors (Lipinski definition) is 0. The van der Waals surface area contributed by atoms with Crippen molar-refractivity contribution < 1.29 is 22.3 Å². The van der Waals surface area contributed by atoms with Crippen molar-refractivity contribution in [3.8, 4) is 0 Å². The maximum absolute atomic E-state index is 13.8. The third kappa shape index (κ3) is 1.45. The van der Waals surface area contributed by atoms with Crippen LogP contribution in [0.5, 0.6) is 0 Å². The van der Waals surface area contributed by atoms with Crippen LogP contribution in [-0.4, -0.2) is 14.7 Å². The van der Waals surface area contributed by atoms with Gasteiger partial charge in [-0.05, 0) is 18.6 Å². The van der Waals surface area contributed by atoms with E-state index >= 15 is 0 Å². The van der Waals surface area contributed by atoms with E-state index in [4.69, 9.17) is 9.47 Å². The summed E-state index contributed by atoms with van der Waals surface area (Å²) in [5.74, 6) is -1.59. The first-order chi connectivity index (χ1) is 8.44. The molecule has 1 aliphatic heterocycles. The van der Waals surface area contributed by atoms with E-state index in [-0.39, 0.29) is 4.90 Å². The number of sulfone groups is 1. The minimum Gasteiger partial charge on any atom is -0.453 e. The summed E-state index contributed by atoms with van der Waals surface area (Å²) >= 11 is 0.